The smallest absolute Gasteiger partial charge is 0.243 e. The lowest BCUT2D eigenvalue weighted by Crippen LogP contribution is -2.48. The third-order valence-corrected chi connectivity index (χ3v) is 6.33. The van der Waals surface area contributed by atoms with E-state index in [1.807, 2.05) is 19.9 Å². The van der Waals surface area contributed by atoms with Gasteiger partial charge in [-0.15, -0.1) is 0 Å². The van der Waals surface area contributed by atoms with Crippen LogP contribution in [0.3, 0.4) is 0 Å². The third-order valence-electron chi connectivity index (χ3n) is 4.43. The predicted octanol–water partition coefficient (Wildman–Crippen LogP) is 1.68. The first kappa shape index (κ1) is 14.0. The number of nitrogens with zero attached hydrogens (tertiary/aromatic N) is 1. The highest BCUT2D eigenvalue weighted by Crippen LogP contribution is 2.31. The summed E-state index contributed by atoms with van der Waals surface area (Å²) in [6.07, 6.45) is 2.10. The van der Waals surface area contributed by atoms with Crippen LogP contribution in [0.5, 0.6) is 0 Å². The van der Waals surface area contributed by atoms with E-state index in [0.717, 1.165) is 37.1 Å². The molecule has 5 heteroatoms. The second-order valence-corrected chi connectivity index (χ2v) is 7.96. The lowest BCUT2D eigenvalue weighted by Gasteiger charge is -2.36. The van der Waals surface area contributed by atoms with Gasteiger partial charge in [0.25, 0.3) is 0 Å². The van der Waals surface area contributed by atoms with Gasteiger partial charge in [-0.3, -0.25) is 0 Å². The summed E-state index contributed by atoms with van der Waals surface area (Å²) in [5.41, 5.74) is 2.00. The average molecular weight is 294 g/mol. The number of hydrogen-bond acceptors (Lipinski definition) is 3. The first-order valence-electron chi connectivity index (χ1n) is 7.29. The summed E-state index contributed by atoms with van der Waals surface area (Å²) in [4.78, 5) is 0.447. The minimum Gasteiger partial charge on any atom is -0.315 e. The molecule has 2 unspecified atom stereocenters. The van der Waals surface area contributed by atoms with Crippen molar-refractivity contribution in [2.24, 2.45) is 5.92 Å². The molecule has 2 fully saturated rings. The molecule has 110 valence electrons. The van der Waals surface area contributed by atoms with Crippen LogP contribution in [0.15, 0.2) is 23.1 Å². The van der Waals surface area contributed by atoms with Crippen molar-refractivity contribution in [3.63, 3.8) is 0 Å². The lowest BCUT2D eigenvalue weighted by molar-refractivity contribution is 0.217. The maximum atomic E-state index is 12.9. The first-order valence-corrected chi connectivity index (χ1v) is 8.73. The first-order chi connectivity index (χ1) is 9.48. The van der Waals surface area contributed by atoms with Crippen LogP contribution in [-0.2, 0) is 10.0 Å². The van der Waals surface area contributed by atoms with Gasteiger partial charge in [-0.05, 0) is 62.4 Å². The molecule has 2 aliphatic heterocycles. The Morgan fingerprint density at radius 2 is 1.85 bits per heavy atom. The van der Waals surface area contributed by atoms with E-state index < -0.39 is 10.0 Å². The summed E-state index contributed by atoms with van der Waals surface area (Å²) in [6, 6.07) is 5.72. The quantitative estimate of drug-likeness (QED) is 0.903. The minimum atomic E-state index is -3.37. The summed E-state index contributed by atoms with van der Waals surface area (Å²) in [5, 5.41) is 3.33. The van der Waals surface area contributed by atoms with Gasteiger partial charge in [0, 0.05) is 19.1 Å². The topological polar surface area (TPSA) is 49.4 Å². The zero-order valence-corrected chi connectivity index (χ0v) is 12.9. The second kappa shape index (κ2) is 5.13. The molecule has 2 atom stereocenters. The molecule has 0 aromatic heterocycles. The standard InChI is InChI=1S/C15H22N2O2S/c1-11-6-12(2)8-14(7-11)20(18,19)17-5-3-4-13-9-16-10-15(13)17/h6-8,13,15-16H,3-5,9-10H2,1-2H3. The van der Waals surface area contributed by atoms with Crippen molar-refractivity contribution in [1.82, 2.24) is 9.62 Å². The molecule has 0 saturated carbocycles. The highest BCUT2D eigenvalue weighted by Gasteiger charge is 2.41. The van der Waals surface area contributed by atoms with Crippen molar-refractivity contribution < 1.29 is 8.42 Å². The summed E-state index contributed by atoms with van der Waals surface area (Å²) < 4.78 is 27.6. The van der Waals surface area contributed by atoms with Crippen molar-refractivity contribution in [3.05, 3.63) is 29.3 Å². The SMILES string of the molecule is Cc1cc(C)cc(S(=O)(=O)N2CCCC3CNCC32)c1. The fourth-order valence-corrected chi connectivity index (χ4v) is 5.45. The second-order valence-electron chi connectivity index (χ2n) is 6.07. The number of benzene rings is 1. The van der Waals surface area contributed by atoms with Crippen LogP contribution in [0.25, 0.3) is 0 Å². The maximum Gasteiger partial charge on any atom is 0.243 e. The number of sulfonamides is 1. The average Bonchev–Trinajstić information content (AvgIpc) is 2.85. The van der Waals surface area contributed by atoms with E-state index in [4.69, 9.17) is 0 Å². The Kier molecular flexibility index (Phi) is 3.60. The summed E-state index contributed by atoms with van der Waals surface area (Å²) >= 11 is 0. The zero-order valence-electron chi connectivity index (χ0n) is 12.1. The summed E-state index contributed by atoms with van der Waals surface area (Å²) in [7, 11) is -3.37. The maximum absolute atomic E-state index is 12.9. The van der Waals surface area contributed by atoms with Crippen LogP contribution in [0.4, 0.5) is 0 Å². The molecular formula is C15H22N2O2S. The lowest BCUT2D eigenvalue weighted by atomic mass is 9.94. The van der Waals surface area contributed by atoms with Gasteiger partial charge in [-0.2, -0.15) is 4.31 Å². The Labute approximate surface area is 121 Å². The molecule has 20 heavy (non-hydrogen) atoms. The van der Waals surface area contributed by atoms with Crippen LogP contribution in [0.1, 0.15) is 24.0 Å². The van der Waals surface area contributed by atoms with Crippen LogP contribution in [0.2, 0.25) is 0 Å². The highest BCUT2D eigenvalue weighted by molar-refractivity contribution is 7.89. The van der Waals surface area contributed by atoms with E-state index in [1.165, 1.54) is 0 Å². The van der Waals surface area contributed by atoms with Crippen molar-refractivity contribution in [2.75, 3.05) is 19.6 Å². The predicted molar refractivity (Wildman–Crippen MR) is 79.2 cm³/mol. The monoisotopic (exact) mass is 294 g/mol. The minimum absolute atomic E-state index is 0.134. The Morgan fingerprint density at radius 3 is 2.55 bits per heavy atom. The molecule has 1 aromatic carbocycles. The third kappa shape index (κ3) is 2.38. The van der Waals surface area contributed by atoms with Crippen LogP contribution in [-0.4, -0.2) is 38.4 Å². The molecular weight excluding hydrogens is 272 g/mol. The number of nitrogens with one attached hydrogen (secondary N) is 1. The van der Waals surface area contributed by atoms with Crippen LogP contribution in [0, 0.1) is 19.8 Å². The van der Waals surface area contributed by atoms with E-state index >= 15 is 0 Å². The molecule has 1 N–H and O–H groups in total. The molecule has 0 radical (unpaired) electrons. The molecule has 4 nitrogen and oxygen atoms in total. The van der Waals surface area contributed by atoms with Crippen molar-refractivity contribution in [2.45, 2.75) is 37.6 Å². The van der Waals surface area contributed by atoms with E-state index in [0.29, 0.717) is 17.4 Å². The van der Waals surface area contributed by atoms with Crippen molar-refractivity contribution in [3.8, 4) is 0 Å². The summed E-state index contributed by atoms with van der Waals surface area (Å²) in [6.45, 7) is 6.28. The molecule has 2 saturated heterocycles. The molecule has 0 bridgehead atoms. The molecule has 0 spiro atoms. The van der Waals surface area contributed by atoms with Gasteiger partial charge in [0.1, 0.15) is 0 Å². The Bertz CT molecular complexity index is 592. The van der Waals surface area contributed by atoms with Crippen LogP contribution >= 0.6 is 0 Å². The van der Waals surface area contributed by atoms with Gasteiger partial charge < -0.3 is 5.32 Å². The fraction of sp³-hybridized carbons (Fsp3) is 0.600. The van der Waals surface area contributed by atoms with Gasteiger partial charge >= 0.3 is 0 Å². The van der Waals surface area contributed by atoms with E-state index in [1.54, 1.807) is 16.4 Å². The van der Waals surface area contributed by atoms with E-state index in [9.17, 15) is 8.42 Å². The van der Waals surface area contributed by atoms with Gasteiger partial charge in [-0.25, -0.2) is 8.42 Å². The highest BCUT2D eigenvalue weighted by atomic mass is 32.2. The Hall–Kier alpha value is -0.910. The largest absolute Gasteiger partial charge is 0.315 e. The van der Waals surface area contributed by atoms with Gasteiger partial charge in [0.2, 0.25) is 10.0 Å². The number of hydrogen-bond donors (Lipinski definition) is 1. The van der Waals surface area contributed by atoms with Crippen molar-refractivity contribution >= 4 is 10.0 Å². The van der Waals surface area contributed by atoms with Crippen LogP contribution < -0.4 is 5.32 Å². The molecule has 2 aliphatic rings. The Balaban J connectivity index is 1.98. The summed E-state index contributed by atoms with van der Waals surface area (Å²) in [5.74, 6) is 0.476. The molecule has 2 heterocycles. The Morgan fingerprint density at radius 1 is 1.15 bits per heavy atom. The van der Waals surface area contributed by atoms with Gasteiger partial charge in [0.05, 0.1) is 4.90 Å². The zero-order chi connectivity index (χ0) is 14.3. The molecule has 3 rings (SSSR count). The van der Waals surface area contributed by atoms with Gasteiger partial charge in [0.15, 0.2) is 0 Å². The molecule has 0 aliphatic carbocycles. The van der Waals surface area contributed by atoms with Crippen molar-refractivity contribution in [1.29, 1.82) is 0 Å². The molecule has 0 amide bonds. The molecule has 1 aromatic rings. The number of fused-ring (bicyclic) bond motifs is 1. The normalized spacial score (nSPS) is 27.5. The number of piperidine rings is 1. The number of aryl methyl sites for hydroxylation is 2. The number of rotatable bonds is 2. The fourth-order valence-electron chi connectivity index (χ4n) is 3.54. The van der Waals surface area contributed by atoms with E-state index in [-0.39, 0.29) is 6.04 Å². The van der Waals surface area contributed by atoms with Gasteiger partial charge in [-0.1, -0.05) is 6.07 Å². The van der Waals surface area contributed by atoms with E-state index in [2.05, 4.69) is 5.32 Å².